The van der Waals surface area contributed by atoms with E-state index in [1.807, 2.05) is 48.5 Å². The fraction of sp³-hybridized carbons (Fsp3) is 0.200. The largest absolute Gasteiger partial charge is 0.493 e. The van der Waals surface area contributed by atoms with E-state index in [0.717, 1.165) is 41.0 Å². The lowest BCUT2D eigenvalue weighted by atomic mass is 10.1. The molecule has 0 radical (unpaired) electrons. The van der Waals surface area contributed by atoms with Crippen molar-refractivity contribution in [1.82, 2.24) is 5.32 Å². The van der Waals surface area contributed by atoms with Gasteiger partial charge in [-0.1, -0.05) is 12.1 Å². The minimum atomic E-state index is -0.170. The summed E-state index contributed by atoms with van der Waals surface area (Å²) in [6, 6.07) is 18.5. The highest BCUT2D eigenvalue weighted by molar-refractivity contribution is 6.04. The van der Waals surface area contributed by atoms with Gasteiger partial charge in [0, 0.05) is 36.2 Å². The quantitative estimate of drug-likeness (QED) is 0.667. The molecule has 0 saturated heterocycles. The maximum absolute atomic E-state index is 12.6. The molecule has 3 aromatic rings. The molecule has 0 fully saturated rings. The van der Waals surface area contributed by atoms with Gasteiger partial charge in [0.05, 0.1) is 13.2 Å². The van der Waals surface area contributed by atoms with E-state index in [1.165, 1.54) is 0 Å². The van der Waals surface area contributed by atoms with Crippen molar-refractivity contribution in [3.8, 4) is 11.5 Å². The van der Waals surface area contributed by atoms with Crippen LogP contribution in [0.1, 0.15) is 37.4 Å². The van der Waals surface area contributed by atoms with Gasteiger partial charge in [-0.2, -0.15) is 0 Å². The summed E-state index contributed by atoms with van der Waals surface area (Å²) in [6.07, 6.45) is 1.65. The molecule has 2 N–H and O–H groups in total. The average Bonchev–Trinajstić information content (AvgIpc) is 3.45. The van der Waals surface area contributed by atoms with E-state index in [4.69, 9.17) is 9.47 Å². The van der Waals surface area contributed by atoms with Gasteiger partial charge in [-0.3, -0.25) is 9.59 Å². The second-order valence-corrected chi connectivity index (χ2v) is 7.68. The summed E-state index contributed by atoms with van der Waals surface area (Å²) in [4.78, 5) is 25.2. The molecule has 6 heteroatoms. The van der Waals surface area contributed by atoms with Crippen molar-refractivity contribution in [1.29, 1.82) is 0 Å². The third-order valence-electron chi connectivity index (χ3n) is 5.54. The van der Waals surface area contributed by atoms with Crippen molar-refractivity contribution in [2.24, 2.45) is 0 Å². The summed E-state index contributed by atoms with van der Waals surface area (Å²) in [7, 11) is 0. The van der Waals surface area contributed by atoms with Gasteiger partial charge in [0.2, 0.25) is 0 Å². The van der Waals surface area contributed by atoms with Gasteiger partial charge < -0.3 is 20.1 Å². The summed E-state index contributed by atoms with van der Waals surface area (Å²) < 4.78 is 11.0. The van der Waals surface area contributed by atoms with Crippen LogP contribution in [0.15, 0.2) is 60.7 Å². The van der Waals surface area contributed by atoms with Crippen molar-refractivity contribution in [2.75, 3.05) is 18.5 Å². The van der Waals surface area contributed by atoms with Crippen LogP contribution in [0.2, 0.25) is 0 Å². The number of nitrogens with one attached hydrogen (secondary N) is 2. The number of benzene rings is 3. The summed E-state index contributed by atoms with van der Waals surface area (Å²) in [5, 5.41) is 5.87. The van der Waals surface area contributed by atoms with Gasteiger partial charge >= 0.3 is 0 Å². The molecule has 0 spiro atoms. The van der Waals surface area contributed by atoms with Crippen LogP contribution in [0.3, 0.4) is 0 Å². The van der Waals surface area contributed by atoms with E-state index >= 15 is 0 Å². The molecule has 31 heavy (non-hydrogen) atoms. The number of carbonyl (C=O) groups excluding carboxylic acids is 2. The van der Waals surface area contributed by atoms with Crippen LogP contribution in [0.4, 0.5) is 5.69 Å². The van der Waals surface area contributed by atoms with Crippen LogP contribution in [0.5, 0.6) is 11.5 Å². The topological polar surface area (TPSA) is 76.7 Å². The standard InChI is InChI=1S/C25H22N2O4/c28-24(19-4-6-22-17(13-19)8-10-30-22)26-15-16-2-1-3-21(12-16)27-25(29)20-5-7-23-18(14-20)9-11-31-23/h1-7,12-14H,8-11,15H2,(H,26,28)(H,27,29). The third kappa shape index (κ3) is 4.10. The first-order valence-electron chi connectivity index (χ1n) is 10.4. The first-order valence-corrected chi connectivity index (χ1v) is 10.4. The molecule has 2 amide bonds. The molecule has 0 saturated carbocycles. The van der Waals surface area contributed by atoms with Crippen LogP contribution >= 0.6 is 0 Å². The predicted molar refractivity (Wildman–Crippen MR) is 117 cm³/mol. The van der Waals surface area contributed by atoms with E-state index in [-0.39, 0.29) is 11.8 Å². The highest BCUT2D eigenvalue weighted by Crippen LogP contribution is 2.27. The molecule has 6 nitrogen and oxygen atoms in total. The average molecular weight is 414 g/mol. The van der Waals surface area contributed by atoms with Crippen LogP contribution in [-0.2, 0) is 19.4 Å². The number of hydrogen-bond donors (Lipinski definition) is 2. The van der Waals surface area contributed by atoms with Crippen LogP contribution in [0.25, 0.3) is 0 Å². The lowest BCUT2D eigenvalue weighted by Gasteiger charge is -2.10. The van der Waals surface area contributed by atoms with E-state index in [2.05, 4.69) is 10.6 Å². The van der Waals surface area contributed by atoms with Gasteiger partial charge in [0.25, 0.3) is 11.8 Å². The molecular formula is C25H22N2O4. The molecule has 2 aliphatic rings. The molecule has 0 aliphatic carbocycles. The predicted octanol–water partition coefficient (Wildman–Crippen LogP) is 3.74. The van der Waals surface area contributed by atoms with E-state index in [1.54, 1.807) is 12.1 Å². The number of hydrogen-bond acceptors (Lipinski definition) is 4. The Balaban J connectivity index is 1.22. The molecule has 2 aliphatic heterocycles. The zero-order valence-corrected chi connectivity index (χ0v) is 16.9. The number of fused-ring (bicyclic) bond motifs is 2. The van der Waals surface area contributed by atoms with Crippen LogP contribution < -0.4 is 20.1 Å². The highest BCUT2D eigenvalue weighted by Gasteiger charge is 2.16. The number of rotatable bonds is 5. The molecule has 0 bridgehead atoms. The smallest absolute Gasteiger partial charge is 0.255 e. The Morgan fingerprint density at radius 1 is 0.774 bits per heavy atom. The van der Waals surface area contributed by atoms with Gasteiger partial charge in [-0.15, -0.1) is 0 Å². The number of amides is 2. The fourth-order valence-electron chi connectivity index (χ4n) is 3.90. The number of ether oxygens (including phenoxy) is 2. The lowest BCUT2D eigenvalue weighted by molar-refractivity contribution is 0.0950. The van der Waals surface area contributed by atoms with Crippen molar-refractivity contribution < 1.29 is 19.1 Å². The molecule has 5 rings (SSSR count). The normalized spacial score (nSPS) is 13.5. The van der Waals surface area contributed by atoms with Crippen molar-refractivity contribution in [3.63, 3.8) is 0 Å². The lowest BCUT2D eigenvalue weighted by Crippen LogP contribution is -2.23. The molecule has 0 aromatic heterocycles. The maximum Gasteiger partial charge on any atom is 0.255 e. The Morgan fingerprint density at radius 3 is 2.10 bits per heavy atom. The van der Waals surface area contributed by atoms with Crippen molar-refractivity contribution in [3.05, 3.63) is 88.5 Å². The van der Waals surface area contributed by atoms with Crippen molar-refractivity contribution in [2.45, 2.75) is 19.4 Å². The minimum absolute atomic E-state index is 0.135. The highest BCUT2D eigenvalue weighted by atomic mass is 16.5. The number of anilines is 1. The summed E-state index contributed by atoms with van der Waals surface area (Å²) in [5.74, 6) is 1.40. The van der Waals surface area contributed by atoms with Crippen LogP contribution in [-0.4, -0.2) is 25.0 Å². The maximum atomic E-state index is 12.6. The second kappa shape index (κ2) is 8.14. The third-order valence-corrected chi connectivity index (χ3v) is 5.54. The first-order chi connectivity index (χ1) is 15.2. The summed E-state index contributed by atoms with van der Waals surface area (Å²) >= 11 is 0. The SMILES string of the molecule is O=C(NCc1cccc(NC(=O)c2ccc3c(c2)CCO3)c1)c1ccc2c(c1)CCO2. The van der Waals surface area contributed by atoms with Gasteiger partial charge in [-0.25, -0.2) is 0 Å². The molecule has 156 valence electrons. The Bertz CT molecular complexity index is 1170. The molecule has 3 aromatic carbocycles. The first kappa shape index (κ1) is 19.2. The summed E-state index contributed by atoms with van der Waals surface area (Å²) in [5.41, 5.74) is 4.93. The molecule has 0 unspecified atom stereocenters. The minimum Gasteiger partial charge on any atom is -0.493 e. The van der Waals surface area contributed by atoms with E-state index in [0.29, 0.717) is 36.6 Å². The zero-order chi connectivity index (χ0) is 21.2. The fourth-order valence-corrected chi connectivity index (χ4v) is 3.90. The Labute approximate surface area is 180 Å². The zero-order valence-electron chi connectivity index (χ0n) is 16.9. The van der Waals surface area contributed by atoms with Crippen LogP contribution in [0, 0.1) is 0 Å². The van der Waals surface area contributed by atoms with Crippen molar-refractivity contribution >= 4 is 17.5 Å². The Hall–Kier alpha value is -3.80. The van der Waals surface area contributed by atoms with Gasteiger partial charge in [0.1, 0.15) is 11.5 Å². The van der Waals surface area contributed by atoms with Gasteiger partial charge in [0.15, 0.2) is 0 Å². The Kier molecular flexibility index (Phi) is 5.04. The monoisotopic (exact) mass is 414 g/mol. The second-order valence-electron chi connectivity index (χ2n) is 7.68. The van der Waals surface area contributed by atoms with E-state index < -0.39 is 0 Å². The Morgan fingerprint density at radius 2 is 1.42 bits per heavy atom. The van der Waals surface area contributed by atoms with E-state index in [9.17, 15) is 9.59 Å². The summed E-state index contributed by atoms with van der Waals surface area (Å²) in [6.45, 7) is 1.69. The molecular weight excluding hydrogens is 392 g/mol. The molecule has 0 atom stereocenters. The molecule has 2 heterocycles. The van der Waals surface area contributed by atoms with Gasteiger partial charge in [-0.05, 0) is 65.2 Å². The number of carbonyl (C=O) groups is 2.